The molecule has 0 radical (unpaired) electrons. The first-order valence-electron chi connectivity index (χ1n) is 7.42. The highest BCUT2D eigenvalue weighted by Crippen LogP contribution is 2.19. The number of nitrogens with zero attached hydrogens (tertiary/aromatic N) is 2. The fraction of sp³-hybridized carbons (Fsp3) is 0.846. The Labute approximate surface area is 130 Å². The van der Waals surface area contributed by atoms with Crippen LogP contribution in [-0.2, 0) is 19.6 Å². The first kappa shape index (κ1) is 17.0. The van der Waals surface area contributed by atoms with Gasteiger partial charge in [-0.15, -0.1) is 0 Å². The zero-order valence-corrected chi connectivity index (χ0v) is 13.8. The second-order valence-electron chi connectivity index (χ2n) is 5.90. The minimum absolute atomic E-state index is 0.0502. The third-order valence-electron chi connectivity index (χ3n) is 4.12. The number of likely N-dealkylation sites (N-methyl/N-ethyl adjacent to an activating group) is 1. The van der Waals surface area contributed by atoms with Crippen LogP contribution in [0.5, 0.6) is 0 Å². The molecule has 2 aliphatic rings. The summed E-state index contributed by atoms with van der Waals surface area (Å²) in [7, 11) is -1.49. The lowest BCUT2D eigenvalue weighted by Crippen LogP contribution is -2.43. The molecular weight excluding hydrogens is 310 g/mol. The zero-order valence-electron chi connectivity index (χ0n) is 12.9. The van der Waals surface area contributed by atoms with Crippen LogP contribution >= 0.6 is 0 Å². The highest BCUT2D eigenvalue weighted by molar-refractivity contribution is 7.88. The van der Waals surface area contributed by atoms with E-state index in [4.69, 9.17) is 4.74 Å². The monoisotopic (exact) mass is 333 g/mol. The summed E-state index contributed by atoms with van der Waals surface area (Å²) in [6.45, 7) is 1.78. The number of carbonyl (C=O) groups excluding carboxylic acids is 2. The lowest BCUT2D eigenvalue weighted by molar-refractivity contribution is -0.126. The Balaban J connectivity index is 1.67. The Bertz CT molecular complexity index is 528. The summed E-state index contributed by atoms with van der Waals surface area (Å²) in [5.41, 5.74) is 0. The van der Waals surface area contributed by atoms with Crippen LogP contribution in [0, 0.1) is 5.92 Å². The predicted octanol–water partition coefficient (Wildman–Crippen LogP) is -0.385. The molecule has 2 saturated heterocycles. The van der Waals surface area contributed by atoms with Crippen LogP contribution in [0.2, 0.25) is 0 Å². The van der Waals surface area contributed by atoms with Gasteiger partial charge in [0, 0.05) is 39.0 Å². The van der Waals surface area contributed by atoms with Crippen LogP contribution in [0.4, 0.5) is 4.79 Å². The zero-order chi connectivity index (χ0) is 16.3. The number of rotatable bonds is 5. The standard InChI is InChI=1S/C13H23N3O5S/c1-15-9-11(21-13(15)18)3-6-14-12(17)10-4-7-16(8-5-10)22(2,19)20/h10-11H,3-9H2,1-2H3,(H,14,17). The first-order chi connectivity index (χ1) is 10.3. The van der Waals surface area contributed by atoms with Crippen LogP contribution < -0.4 is 5.32 Å². The van der Waals surface area contributed by atoms with Gasteiger partial charge in [0.1, 0.15) is 6.10 Å². The second kappa shape index (κ2) is 6.82. The number of carbonyl (C=O) groups is 2. The molecule has 126 valence electrons. The van der Waals surface area contributed by atoms with Gasteiger partial charge in [-0.25, -0.2) is 17.5 Å². The minimum atomic E-state index is -3.16. The largest absolute Gasteiger partial charge is 0.444 e. The van der Waals surface area contributed by atoms with Gasteiger partial charge in [-0.3, -0.25) is 4.79 Å². The molecule has 2 aliphatic heterocycles. The summed E-state index contributed by atoms with van der Waals surface area (Å²) in [4.78, 5) is 24.8. The number of hydrogen-bond donors (Lipinski definition) is 1. The molecule has 2 amide bonds. The fourth-order valence-corrected chi connectivity index (χ4v) is 3.62. The van der Waals surface area contributed by atoms with Crippen LogP contribution in [0.3, 0.4) is 0 Å². The van der Waals surface area contributed by atoms with Gasteiger partial charge < -0.3 is 15.0 Å². The molecule has 0 aromatic carbocycles. The number of nitrogens with one attached hydrogen (secondary N) is 1. The van der Waals surface area contributed by atoms with Crippen molar-refractivity contribution in [2.75, 3.05) is 39.5 Å². The van der Waals surface area contributed by atoms with Crippen LogP contribution in [0.1, 0.15) is 19.3 Å². The average molecular weight is 333 g/mol. The Hall–Kier alpha value is -1.35. The third kappa shape index (κ3) is 4.33. The summed E-state index contributed by atoms with van der Waals surface area (Å²) in [5.74, 6) is -0.197. The summed E-state index contributed by atoms with van der Waals surface area (Å²) in [5, 5.41) is 2.85. The van der Waals surface area contributed by atoms with Crippen LogP contribution in [0.15, 0.2) is 0 Å². The van der Waals surface area contributed by atoms with Gasteiger partial charge in [0.15, 0.2) is 0 Å². The number of hydrogen-bond acceptors (Lipinski definition) is 5. The Morgan fingerprint density at radius 3 is 2.50 bits per heavy atom. The highest BCUT2D eigenvalue weighted by atomic mass is 32.2. The van der Waals surface area contributed by atoms with E-state index >= 15 is 0 Å². The lowest BCUT2D eigenvalue weighted by Gasteiger charge is -2.29. The van der Waals surface area contributed by atoms with Gasteiger partial charge in [0.05, 0.1) is 12.8 Å². The van der Waals surface area contributed by atoms with Crippen molar-refractivity contribution in [3.8, 4) is 0 Å². The predicted molar refractivity (Wildman–Crippen MR) is 79.7 cm³/mol. The van der Waals surface area contributed by atoms with Crippen molar-refractivity contribution < 1.29 is 22.7 Å². The summed E-state index contributed by atoms with van der Waals surface area (Å²) in [6, 6.07) is 0. The van der Waals surface area contributed by atoms with Gasteiger partial charge >= 0.3 is 6.09 Å². The van der Waals surface area contributed by atoms with Gasteiger partial charge in [-0.05, 0) is 12.8 Å². The van der Waals surface area contributed by atoms with Gasteiger partial charge in [-0.1, -0.05) is 0 Å². The minimum Gasteiger partial charge on any atom is -0.444 e. The first-order valence-corrected chi connectivity index (χ1v) is 9.27. The molecule has 0 aliphatic carbocycles. The van der Waals surface area contributed by atoms with Gasteiger partial charge in [0.2, 0.25) is 15.9 Å². The van der Waals surface area contributed by atoms with E-state index in [-0.39, 0.29) is 24.0 Å². The maximum atomic E-state index is 12.1. The molecule has 1 N–H and O–H groups in total. The number of sulfonamides is 1. The quantitative estimate of drug-likeness (QED) is 0.739. The number of amides is 2. The van der Waals surface area contributed by atoms with E-state index < -0.39 is 10.0 Å². The van der Waals surface area contributed by atoms with Crippen molar-refractivity contribution >= 4 is 22.0 Å². The molecule has 0 bridgehead atoms. The molecule has 0 spiro atoms. The highest BCUT2D eigenvalue weighted by Gasteiger charge is 2.30. The van der Waals surface area contributed by atoms with E-state index in [0.29, 0.717) is 45.4 Å². The Morgan fingerprint density at radius 2 is 2.00 bits per heavy atom. The fourth-order valence-electron chi connectivity index (χ4n) is 2.75. The summed E-state index contributed by atoms with van der Waals surface area (Å²) < 4.78 is 29.4. The number of ether oxygens (including phenoxy) is 1. The molecule has 0 aromatic heterocycles. The summed E-state index contributed by atoms with van der Waals surface area (Å²) >= 11 is 0. The molecule has 8 nitrogen and oxygen atoms in total. The molecule has 1 unspecified atom stereocenters. The van der Waals surface area contributed by atoms with E-state index in [1.165, 1.54) is 15.5 Å². The van der Waals surface area contributed by atoms with E-state index in [9.17, 15) is 18.0 Å². The second-order valence-corrected chi connectivity index (χ2v) is 7.88. The number of cyclic esters (lactones) is 1. The molecule has 0 saturated carbocycles. The smallest absolute Gasteiger partial charge is 0.409 e. The van der Waals surface area contributed by atoms with Crippen molar-refractivity contribution in [1.29, 1.82) is 0 Å². The molecule has 22 heavy (non-hydrogen) atoms. The van der Waals surface area contributed by atoms with E-state index in [1.807, 2.05) is 0 Å². The molecular formula is C13H23N3O5S. The Kier molecular flexibility index (Phi) is 5.28. The van der Waals surface area contributed by atoms with Crippen molar-refractivity contribution in [3.63, 3.8) is 0 Å². The number of piperidine rings is 1. The van der Waals surface area contributed by atoms with Crippen molar-refractivity contribution in [1.82, 2.24) is 14.5 Å². The van der Waals surface area contributed by atoms with E-state index in [0.717, 1.165) is 0 Å². The molecule has 2 fully saturated rings. The maximum Gasteiger partial charge on any atom is 0.409 e. The molecule has 2 rings (SSSR count). The van der Waals surface area contributed by atoms with Crippen molar-refractivity contribution in [2.24, 2.45) is 5.92 Å². The normalized spacial score (nSPS) is 24.4. The summed E-state index contributed by atoms with van der Waals surface area (Å²) in [6.07, 6.45) is 2.35. The SMILES string of the molecule is CN1CC(CCNC(=O)C2CCN(S(C)(=O)=O)CC2)OC1=O. The topological polar surface area (TPSA) is 96.0 Å². The molecule has 9 heteroatoms. The maximum absolute atomic E-state index is 12.1. The molecule has 1 atom stereocenters. The van der Waals surface area contributed by atoms with Crippen molar-refractivity contribution in [3.05, 3.63) is 0 Å². The molecule has 0 aromatic rings. The third-order valence-corrected chi connectivity index (χ3v) is 5.42. The van der Waals surface area contributed by atoms with Crippen molar-refractivity contribution in [2.45, 2.75) is 25.4 Å². The van der Waals surface area contributed by atoms with E-state index in [2.05, 4.69) is 5.32 Å². The lowest BCUT2D eigenvalue weighted by atomic mass is 9.97. The van der Waals surface area contributed by atoms with Crippen LogP contribution in [0.25, 0.3) is 0 Å². The van der Waals surface area contributed by atoms with Crippen LogP contribution in [-0.4, -0.2) is 75.2 Å². The molecule has 2 heterocycles. The van der Waals surface area contributed by atoms with Gasteiger partial charge in [-0.2, -0.15) is 0 Å². The van der Waals surface area contributed by atoms with E-state index in [1.54, 1.807) is 7.05 Å². The average Bonchev–Trinajstić information content (AvgIpc) is 2.77. The Morgan fingerprint density at radius 1 is 1.36 bits per heavy atom. The van der Waals surface area contributed by atoms with Gasteiger partial charge in [0.25, 0.3) is 0 Å².